The fourth-order valence-corrected chi connectivity index (χ4v) is 3.91. The highest BCUT2D eigenvalue weighted by atomic mass is 32.2. The summed E-state index contributed by atoms with van der Waals surface area (Å²) in [7, 11) is -3.87. The molecule has 108 valence electrons. The van der Waals surface area contributed by atoms with Crippen molar-refractivity contribution in [2.75, 3.05) is 6.54 Å². The van der Waals surface area contributed by atoms with Crippen LogP contribution < -0.4 is 5.32 Å². The minimum Gasteiger partial charge on any atom is -0.478 e. The van der Waals surface area contributed by atoms with E-state index in [1.165, 1.54) is 18.2 Å². The molecule has 0 bridgehead atoms. The summed E-state index contributed by atoms with van der Waals surface area (Å²) in [6.45, 7) is 0.472. The summed E-state index contributed by atoms with van der Waals surface area (Å²) in [5.74, 6) is -1.71. The number of sulfone groups is 1. The molecule has 1 unspecified atom stereocenters. The molecule has 1 fully saturated rings. The van der Waals surface area contributed by atoms with E-state index in [-0.39, 0.29) is 16.9 Å². The van der Waals surface area contributed by atoms with Crippen molar-refractivity contribution in [1.29, 1.82) is 0 Å². The molecule has 2 rings (SSSR count). The number of aromatic carboxylic acids is 1. The van der Waals surface area contributed by atoms with Gasteiger partial charge in [0, 0.05) is 6.54 Å². The first-order valence-corrected chi connectivity index (χ1v) is 7.82. The van der Waals surface area contributed by atoms with Crippen LogP contribution in [0, 0.1) is 0 Å². The van der Waals surface area contributed by atoms with Gasteiger partial charge in [0.25, 0.3) is 0 Å². The zero-order valence-electron chi connectivity index (χ0n) is 10.7. The van der Waals surface area contributed by atoms with E-state index >= 15 is 0 Å². The third kappa shape index (κ3) is 2.82. The van der Waals surface area contributed by atoms with Crippen molar-refractivity contribution in [3.05, 3.63) is 29.8 Å². The maximum Gasteiger partial charge on any atom is 0.335 e. The highest BCUT2D eigenvalue weighted by Gasteiger charge is 2.34. The molecular formula is C13H15NO5S. The molecule has 6 nitrogen and oxygen atoms in total. The van der Waals surface area contributed by atoms with Crippen LogP contribution in [0.1, 0.15) is 29.6 Å². The highest BCUT2D eigenvalue weighted by molar-refractivity contribution is 7.92. The summed E-state index contributed by atoms with van der Waals surface area (Å²) < 4.78 is 24.9. The van der Waals surface area contributed by atoms with Crippen molar-refractivity contribution < 1.29 is 23.1 Å². The molecule has 0 aliphatic carbocycles. The predicted octanol–water partition coefficient (Wildman–Crippen LogP) is 0.827. The fourth-order valence-electron chi connectivity index (χ4n) is 2.18. The van der Waals surface area contributed by atoms with Crippen LogP contribution >= 0.6 is 0 Å². The van der Waals surface area contributed by atoms with Crippen LogP contribution in [-0.4, -0.2) is 37.2 Å². The molecule has 1 aromatic carbocycles. The SMILES string of the molecule is O=C(O)c1cccc(S(=O)(=O)C2CCCCNC2=O)c1. The lowest BCUT2D eigenvalue weighted by atomic mass is 10.2. The number of carboxylic acids is 1. The van der Waals surface area contributed by atoms with Gasteiger partial charge in [0.1, 0.15) is 5.25 Å². The van der Waals surface area contributed by atoms with Crippen LogP contribution in [0.3, 0.4) is 0 Å². The van der Waals surface area contributed by atoms with Crippen LogP contribution in [-0.2, 0) is 14.6 Å². The van der Waals surface area contributed by atoms with E-state index in [4.69, 9.17) is 5.11 Å². The maximum absolute atomic E-state index is 12.5. The third-order valence-corrected chi connectivity index (χ3v) is 5.38. The van der Waals surface area contributed by atoms with Gasteiger partial charge in [0.2, 0.25) is 5.91 Å². The van der Waals surface area contributed by atoms with E-state index in [1.807, 2.05) is 0 Å². The summed E-state index contributed by atoms with van der Waals surface area (Å²) in [5.41, 5.74) is -0.111. The van der Waals surface area contributed by atoms with Gasteiger partial charge in [-0.3, -0.25) is 4.79 Å². The lowest BCUT2D eigenvalue weighted by Crippen LogP contribution is -2.38. The molecule has 0 aromatic heterocycles. The predicted molar refractivity (Wildman–Crippen MR) is 71.2 cm³/mol. The second kappa shape index (κ2) is 5.62. The first kappa shape index (κ1) is 14.5. The van der Waals surface area contributed by atoms with E-state index in [9.17, 15) is 18.0 Å². The summed E-state index contributed by atoms with van der Waals surface area (Å²) in [4.78, 5) is 22.6. The Morgan fingerprint density at radius 2 is 2.05 bits per heavy atom. The van der Waals surface area contributed by atoms with Gasteiger partial charge in [-0.1, -0.05) is 6.07 Å². The molecular weight excluding hydrogens is 282 g/mol. The lowest BCUT2D eigenvalue weighted by molar-refractivity contribution is -0.120. The lowest BCUT2D eigenvalue weighted by Gasteiger charge is -2.14. The molecule has 1 aromatic rings. The number of hydrogen-bond donors (Lipinski definition) is 2. The molecule has 1 amide bonds. The average Bonchev–Trinajstić information content (AvgIpc) is 2.64. The van der Waals surface area contributed by atoms with Gasteiger partial charge in [0.05, 0.1) is 10.5 Å². The van der Waals surface area contributed by atoms with Crippen LogP contribution in [0.2, 0.25) is 0 Å². The number of benzene rings is 1. The van der Waals surface area contributed by atoms with Gasteiger partial charge in [-0.25, -0.2) is 13.2 Å². The van der Waals surface area contributed by atoms with Gasteiger partial charge in [0.15, 0.2) is 9.84 Å². The summed E-state index contributed by atoms with van der Waals surface area (Å²) in [5, 5.41) is 10.3. The number of rotatable bonds is 3. The zero-order valence-corrected chi connectivity index (χ0v) is 11.5. The molecule has 1 aliphatic heterocycles. The minimum atomic E-state index is -3.87. The van der Waals surface area contributed by atoms with Crippen molar-refractivity contribution >= 4 is 21.7 Å². The van der Waals surface area contributed by atoms with Crippen molar-refractivity contribution in [3.63, 3.8) is 0 Å². The highest BCUT2D eigenvalue weighted by Crippen LogP contribution is 2.22. The number of carbonyl (C=O) groups is 2. The molecule has 1 saturated heterocycles. The molecule has 2 N–H and O–H groups in total. The summed E-state index contributed by atoms with van der Waals surface area (Å²) in [6, 6.07) is 5.09. The Morgan fingerprint density at radius 3 is 2.75 bits per heavy atom. The Balaban J connectivity index is 2.41. The molecule has 1 aliphatic rings. The van der Waals surface area contributed by atoms with Gasteiger partial charge in [-0.15, -0.1) is 0 Å². The second-order valence-corrected chi connectivity index (χ2v) is 6.78. The maximum atomic E-state index is 12.5. The summed E-state index contributed by atoms with van der Waals surface area (Å²) >= 11 is 0. The Bertz CT molecular complexity index is 638. The number of amides is 1. The largest absolute Gasteiger partial charge is 0.478 e. The average molecular weight is 297 g/mol. The Labute approximate surface area is 116 Å². The van der Waals surface area contributed by atoms with Gasteiger partial charge >= 0.3 is 5.97 Å². The fraction of sp³-hybridized carbons (Fsp3) is 0.385. The van der Waals surface area contributed by atoms with E-state index in [1.54, 1.807) is 0 Å². The van der Waals surface area contributed by atoms with Crippen LogP contribution in [0.4, 0.5) is 0 Å². The van der Waals surface area contributed by atoms with Crippen molar-refractivity contribution in [1.82, 2.24) is 5.32 Å². The van der Waals surface area contributed by atoms with Crippen molar-refractivity contribution in [3.8, 4) is 0 Å². The standard InChI is InChI=1S/C13H15NO5S/c15-12-11(6-1-2-7-14-12)20(18,19)10-5-3-4-9(8-10)13(16)17/h3-5,8,11H,1-2,6-7H2,(H,14,15)(H,16,17). The molecule has 0 saturated carbocycles. The van der Waals surface area contributed by atoms with Crippen LogP contribution in [0.25, 0.3) is 0 Å². The monoisotopic (exact) mass is 297 g/mol. The van der Waals surface area contributed by atoms with Crippen molar-refractivity contribution in [2.45, 2.75) is 29.4 Å². The second-order valence-electron chi connectivity index (χ2n) is 4.65. The normalized spacial score (nSPS) is 20.0. The van der Waals surface area contributed by atoms with Gasteiger partial charge in [-0.2, -0.15) is 0 Å². The smallest absolute Gasteiger partial charge is 0.335 e. The number of hydrogen-bond acceptors (Lipinski definition) is 4. The molecule has 7 heteroatoms. The third-order valence-electron chi connectivity index (χ3n) is 3.27. The van der Waals surface area contributed by atoms with Gasteiger partial charge in [-0.05, 0) is 37.5 Å². The van der Waals surface area contributed by atoms with Crippen LogP contribution in [0.5, 0.6) is 0 Å². The number of nitrogens with one attached hydrogen (secondary N) is 1. The molecule has 1 heterocycles. The topological polar surface area (TPSA) is 101 Å². The number of carboxylic acid groups (broad SMARTS) is 1. The van der Waals surface area contributed by atoms with E-state index in [2.05, 4.69) is 5.32 Å². The Kier molecular flexibility index (Phi) is 4.08. The van der Waals surface area contributed by atoms with E-state index in [0.717, 1.165) is 12.5 Å². The number of carbonyl (C=O) groups excluding carboxylic acids is 1. The molecule has 0 radical (unpaired) electrons. The van der Waals surface area contributed by atoms with E-state index in [0.29, 0.717) is 13.0 Å². The molecule has 1 atom stereocenters. The quantitative estimate of drug-likeness (QED) is 0.860. The Hall–Kier alpha value is -1.89. The minimum absolute atomic E-state index is 0.111. The van der Waals surface area contributed by atoms with E-state index < -0.39 is 27.0 Å². The first-order valence-electron chi connectivity index (χ1n) is 6.28. The van der Waals surface area contributed by atoms with Crippen molar-refractivity contribution in [2.24, 2.45) is 0 Å². The zero-order chi connectivity index (χ0) is 14.8. The Morgan fingerprint density at radius 1 is 1.30 bits per heavy atom. The summed E-state index contributed by atoms with van der Waals surface area (Å²) in [6.07, 6.45) is 1.64. The first-order chi connectivity index (χ1) is 9.43. The van der Waals surface area contributed by atoms with Gasteiger partial charge < -0.3 is 10.4 Å². The molecule has 0 spiro atoms. The molecule has 20 heavy (non-hydrogen) atoms. The van der Waals surface area contributed by atoms with Crippen LogP contribution in [0.15, 0.2) is 29.2 Å².